The summed E-state index contributed by atoms with van der Waals surface area (Å²) >= 11 is 0. The molecular weight excluding hydrogens is 624 g/mol. The molecule has 0 aliphatic carbocycles. The Bertz CT molecular complexity index is 1700. The Balaban J connectivity index is 1.74. The molecule has 1 saturated heterocycles. The smallest absolute Gasteiger partial charge is 0.383 e. The van der Waals surface area contributed by atoms with Crippen molar-refractivity contribution in [1.82, 2.24) is 0 Å². The van der Waals surface area contributed by atoms with E-state index in [1.165, 1.54) is 18.2 Å². The number of carbonyl (C=O) groups is 5. The molecule has 0 unspecified atom stereocenters. The van der Waals surface area contributed by atoms with E-state index in [0.29, 0.717) is 0 Å². The molecule has 0 radical (unpaired) electrons. The van der Waals surface area contributed by atoms with Gasteiger partial charge in [0.05, 0.1) is 5.39 Å². The van der Waals surface area contributed by atoms with Gasteiger partial charge in [0.2, 0.25) is 12.4 Å². The van der Waals surface area contributed by atoms with Gasteiger partial charge in [0.1, 0.15) is 30.7 Å². The maximum atomic E-state index is 12.9. The normalized spacial score (nSPS) is 20.4. The molecule has 0 N–H and O–H groups in total. The molecule has 1 fully saturated rings. The van der Waals surface area contributed by atoms with E-state index in [-0.39, 0.29) is 29.1 Å². The van der Waals surface area contributed by atoms with Crippen LogP contribution in [0.3, 0.4) is 0 Å². The number of carbonyl (C=O) groups excluding carboxylic acids is 5. The number of esters is 5. The molecule has 1 aromatic heterocycles. The molecule has 0 saturated carbocycles. The van der Waals surface area contributed by atoms with Crippen molar-refractivity contribution in [2.45, 2.75) is 71.9 Å². The third-order valence-corrected chi connectivity index (χ3v) is 6.46. The fraction of sp³-hybridized carbons (Fsp3) is 0.375. The fourth-order valence-corrected chi connectivity index (χ4v) is 4.73. The molecule has 5 atom stereocenters. The standard InChI is InChI=1S/C32H32O15/c1-16(33)39-15-25-27(41-17(2)34)28(42-18(3)35)30(44-20(5)37)32(47-25)45-22-11-12-23-24(13-22)46-31(38)29(43-19(4)36)26(23)40-14-21-9-7-6-8-10-21/h6-13,25,27-28,30,32H,14-15H2,1-5H3/t25-,27-,28+,30-,32-/m1/s1. The van der Waals surface area contributed by atoms with Gasteiger partial charge in [-0.05, 0) is 17.7 Å². The molecule has 0 amide bonds. The molecule has 15 nitrogen and oxygen atoms in total. The minimum atomic E-state index is -1.53. The van der Waals surface area contributed by atoms with Crippen molar-refractivity contribution in [3.8, 4) is 17.2 Å². The van der Waals surface area contributed by atoms with Crippen LogP contribution in [-0.2, 0) is 54.3 Å². The lowest BCUT2D eigenvalue weighted by Gasteiger charge is -2.43. The number of benzene rings is 2. The second kappa shape index (κ2) is 15.2. The summed E-state index contributed by atoms with van der Waals surface area (Å²) in [6, 6.07) is 13.2. The number of hydrogen-bond donors (Lipinski definition) is 0. The Morgan fingerprint density at radius 1 is 0.723 bits per heavy atom. The first kappa shape index (κ1) is 34.4. The average Bonchev–Trinajstić information content (AvgIpc) is 2.98. The molecular formula is C32H32O15. The first-order valence-electron chi connectivity index (χ1n) is 14.3. The van der Waals surface area contributed by atoms with Gasteiger partial charge in [-0.2, -0.15) is 0 Å². The Hall–Kier alpha value is -5.44. The van der Waals surface area contributed by atoms with E-state index < -0.39 is 78.5 Å². The summed E-state index contributed by atoms with van der Waals surface area (Å²) in [7, 11) is 0. The van der Waals surface area contributed by atoms with E-state index in [1.54, 1.807) is 24.3 Å². The van der Waals surface area contributed by atoms with Crippen LogP contribution in [0.1, 0.15) is 40.2 Å². The van der Waals surface area contributed by atoms with E-state index in [2.05, 4.69) is 0 Å². The SMILES string of the molecule is CC(=O)OC[C@H]1O[C@@H](Oc2ccc3c(OCc4ccccc4)c(OC(C)=O)c(=O)oc3c2)[C@H](OC(C)=O)[C@@H](OC(C)=O)[C@@H]1OC(C)=O. The number of ether oxygens (including phenoxy) is 8. The Labute approximate surface area is 267 Å². The maximum absolute atomic E-state index is 12.9. The van der Waals surface area contributed by atoms with Gasteiger partial charge in [0, 0.05) is 40.7 Å². The first-order chi connectivity index (χ1) is 22.3. The summed E-state index contributed by atoms with van der Waals surface area (Å²) in [4.78, 5) is 72.5. The van der Waals surface area contributed by atoms with Crippen molar-refractivity contribution in [2.24, 2.45) is 0 Å². The van der Waals surface area contributed by atoms with E-state index in [4.69, 9.17) is 42.3 Å². The molecule has 2 heterocycles. The van der Waals surface area contributed by atoms with Crippen LogP contribution in [0.2, 0.25) is 0 Å². The van der Waals surface area contributed by atoms with E-state index >= 15 is 0 Å². The third kappa shape index (κ3) is 9.07. The van der Waals surface area contributed by atoms with Gasteiger partial charge in [0.25, 0.3) is 5.75 Å². The van der Waals surface area contributed by atoms with Crippen molar-refractivity contribution < 1.29 is 66.3 Å². The second-order valence-electron chi connectivity index (χ2n) is 10.3. The van der Waals surface area contributed by atoms with Crippen LogP contribution in [-0.4, -0.2) is 67.2 Å². The number of fused-ring (bicyclic) bond motifs is 1. The zero-order valence-electron chi connectivity index (χ0n) is 26.0. The second-order valence-corrected chi connectivity index (χ2v) is 10.3. The van der Waals surface area contributed by atoms with Gasteiger partial charge >= 0.3 is 35.5 Å². The quantitative estimate of drug-likeness (QED) is 0.166. The molecule has 15 heteroatoms. The molecule has 3 aromatic rings. The molecule has 0 bridgehead atoms. The molecule has 2 aromatic carbocycles. The van der Waals surface area contributed by atoms with Crippen LogP contribution >= 0.6 is 0 Å². The predicted octanol–water partition coefficient (Wildman–Crippen LogP) is 2.76. The summed E-state index contributed by atoms with van der Waals surface area (Å²) in [5.41, 5.74) is -0.288. The van der Waals surface area contributed by atoms with Crippen LogP contribution in [0.4, 0.5) is 0 Å². The van der Waals surface area contributed by atoms with Crippen LogP contribution in [0.15, 0.2) is 57.7 Å². The number of rotatable bonds is 11. The minimum absolute atomic E-state index is 0.01000. The Kier molecular flexibility index (Phi) is 11.2. The molecule has 47 heavy (non-hydrogen) atoms. The highest BCUT2D eigenvalue weighted by Crippen LogP contribution is 2.37. The van der Waals surface area contributed by atoms with Gasteiger partial charge in [-0.25, -0.2) is 4.79 Å². The first-order valence-corrected chi connectivity index (χ1v) is 14.3. The third-order valence-electron chi connectivity index (χ3n) is 6.46. The summed E-state index contributed by atoms with van der Waals surface area (Å²) in [5, 5.41) is 0.241. The van der Waals surface area contributed by atoms with Crippen LogP contribution in [0.25, 0.3) is 11.0 Å². The molecule has 1 aliphatic rings. The van der Waals surface area contributed by atoms with E-state index in [9.17, 15) is 28.8 Å². The average molecular weight is 657 g/mol. The van der Waals surface area contributed by atoms with Gasteiger partial charge in [-0.1, -0.05) is 30.3 Å². The van der Waals surface area contributed by atoms with Crippen molar-refractivity contribution in [1.29, 1.82) is 0 Å². The highest BCUT2D eigenvalue weighted by atomic mass is 16.7. The lowest BCUT2D eigenvalue weighted by molar-refractivity contribution is -0.288. The van der Waals surface area contributed by atoms with Gasteiger partial charge in [-0.3, -0.25) is 24.0 Å². The highest BCUT2D eigenvalue weighted by molar-refractivity contribution is 5.87. The molecule has 1 aliphatic heterocycles. The fourth-order valence-electron chi connectivity index (χ4n) is 4.73. The number of hydrogen-bond acceptors (Lipinski definition) is 15. The largest absolute Gasteiger partial charge is 0.484 e. The zero-order valence-corrected chi connectivity index (χ0v) is 26.0. The summed E-state index contributed by atoms with van der Waals surface area (Å²) in [6.45, 7) is 5.13. The Morgan fingerprint density at radius 2 is 1.36 bits per heavy atom. The lowest BCUT2D eigenvalue weighted by Crippen LogP contribution is -2.63. The van der Waals surface area contributed by atoms with Gasteiger partial charge in [-0.15, -0.1) is 0 Å². The lowest BCUT2D eigenvalue weighted by atomic mass is 9.98. The summed E-state index contributed by atoms with van der Waals surface area (Å²) in [5.74, 6) is -4.36. The topological polar surface area (TPSA) is 189 Å². The van der Waals surface area contributed by atoms with Gasteiger partial charge < -0.3 is 42.3 Å². The summed E-state index contributed by atoms with van der Waals surface area (Å²) in [6.07, 6.45) is -7.10. The van der Waals surface area contributed by atoms with Gasteiger partial charge in [0.15, 0.2) is 18.0 Å². The maximum Gasteiger partial charge on any atom is 0.383 e. The monoisotopic (exact) mass is 656 g/mol. The highest BCUT2D eigenvalue weighted by Gasteiger charge is 2.53. The van der Waals surface area contributed by atoms with Crippen molar-refractivity contribution in [3.63, 3.8) is 0 Å². The molecule has 250 valence electrons. The summed E-state index contributed by atoms with van der Waals surface area (Å²) < 4.78 is 49.8. The van der Waals surface area contributed by atoms with Crippen molar-refractivity contribution in [2.75, 3.05) is 6.61 Å². The predicted molar refractivity (Wildman–Crippen MR) is 157 cm³/mol. The van der Waals surface area contributed by atoms with Crippen LogP contribution in [0.5, 0.6) is 17.2 Å². The Morgan fingerprint density at radius 3 is 1.98 bits per heavy atom. The zero-order chi connectivity index (χ0) is 34.2. The van der Waals surface area contributed by atoms with E-state index in [1.807, 2.05) is 6.07 Å². The van der Waals surface area contributed by atoms with Crippen molar-refractivity contribution >= 4 is 40.8 Å². The van der Waals surface area contributed by atoms with Crippen LogP contribution < -0.4 is 19.8 Å². The molecule has 4 rings (SSSR count). The van der Waals surface area contributed by atoms with Crippen molar-refractivity contribution in [3.05, 3.63) is 64.5 Å². The minimum Gasteiger partial charge on any atom is -0.484 e. The van der Waals surface area contributed by atoms with Crippen LogP contribution in [0, 0.1) is 0 Å². The molecule has 0 spiro atoms. The van der Waals surface area contributed by atoms with E-state index in [0.717, 1.165) is 40.2 Å².